The number of hydrogen-bond acceptors (Lipinski definition) is 3. The normalized spacial score (nSPS) is 10.2. The molecule has 90 valence electrons. The van der Waals surface area contributed by atoms with Crippen LogP contribution in [0, 0.1) is 0 Å². The zero-order valence-electron chi connectivity index (χ0n) is 9.29. The fourth-order valence-corrected chi connectivity index (χ4v) is 1.79. The van der Waals surface area contributed by atoms with Crippen molar-refractivity contribution in [1.82, 2.24) is 20.4 Å². The molecular weight excluding hydrogens is 292 g/mol. The lowest BCUT2D eigenvalue weighted by Crippen LogP contribution is -2.37. The molecule has 5 nitrogen and oxygen atoms in total. The van der Waals surface area contributed by atoms with Crippen LogP contribution in [0.2, 0.25) is 0 Å². The number of ether oxygens (including phenoxy) is 1. The summed E-state index contributed by atoms with van der Waals surface area (Å²) in [5, 5.41) is 10.9. The van der Waals surface area contributed by atoms with E-state index in [1.54, 1.807) is 18.0 Å². The Bertz CT molecular complexity index is 336. The molecule has 0 bridgehead atoms. The fraction of sp³-hybridized carbons (Fsp3) is 0.556. The van der Waals surface area contributed by atoms with Gasteiger partial charge in [0.15, 0.2) is 5.11 Å². The van der Waals surface area contributed by atoms with E-state index >= 15 is 0 Å². The molecule has 1 rings (SSSR count). The number of thiocarbonyl (C=S) groups is 1. The van der Waals surface area contributed by atoms with Gasteiger partial charge >= 0.3 is 0 Å². The van der Waals surface area contributed by atoms with E-state index in [4.69, 9.17) is 17.0 Å². The van der Waals surface area contributed by atoms with Gasteiger partial charge in [-0.1, -0.05) is 0 Å². The minimum atomic E-state index is 0.616. The minimum Gasteiger partial charge on any atom is -0.383 e. The lowest BCUT2D eigenvalue weighted by molar-refractivity contribution is 0.204. The highest BCUT2D eigenvalue weighted by molar-refractivity contribution is 9.10. The standard InChI is InChI=1S/C9H15BrN4OS/c1-14-8(7(10)5-13-14)6-12-9(16)11-3-4-15-2/h5H,3-4,6H2,1-2H3,(H2,11,12,16). The minimum absolute atomic E-state index is 0.616. The molecule has 0 amide bonds. The van der Waals surface area contributed by atoms with Crippen molar-refractivity contribution >= 4 is 33.3 Å². The third-order valence-electron chi connectivity index (χ3n) is 2.02. The molecule has 0 spiro atoms. The summed E-state index contributed by atoms with van der Waals surface area (Å²) in [6, 6.07) is 0. The molecule has 0 aromatic carbocycles. The fourth-order valence-electron chi connectivity index (χ4n) is 1.13. The quantitative estimate of drug-likeness (QED) is 0.622. The Kier molecular flexibility index (Phi) is 5.72. The first-order chi connectivity index (χ1) is 7.65. The van der Waals surface area contributed by atoms with E-state index in [0.717, 1.165) is 10.2 Å². The summed E-state index contributed by atoms with van der Waals surface area (Å²) in [5.41, 5.74) is 1.05. The maximum atomic E-state index is 5.10. The van der Waals surface area contributed by atoms with E-state index in [2.05, 4.69) is 31.7 Å². The van der Waals surface area contributed by atoms with Crippen LogP contribution in [0.5, 0.6) is 0 Å². The zero-order chi connectivity index (χ0) is 12.0. The molecule has 0 aliphatic heterocycles. The van der Waals surface area contributed by atoms with Crippen LogP contribution < -0.4 is 10.6 Å². The second-order valence-corrected chi connectivity index (χ2v) is 4.43. The van der Waals surface area contributed by atoms with E-state index in [9.17, 15) is 0 Å². The maximum absolute atomic E-state index is 5.10. The van der Waals surface area contributed by atoms with Crippen molar-refractivity contribution in [1.29, 1.82) is 0 Å². The van der Waals surface area contributed by atoms with Crippen molar-refractivity contribution in [2.24, 2.45) is 7.05 Å². The summed E-state index contributed by atoms with van der Waals surface area (Å²) < 4.78 is 7.68. The first kappa shape index (κ1) is 13.4. The Morgan fingerprint density at radius 3 is 2.94 bits per heavy atom. The van der Waals surface area contributed by atoms with Crippen LogP contribution in [-0.2, 0) is 18.3 Å². The highest BCUT2D eigenvalue weighted by Gasteiger charge is 2.05. The van der Waals surface area contributed by atoms with E-state index < -0.39 is 0 Å². The number of hydrogen-bond donors (Lipinski definition) is 2. The number of methoxy groups -OCH3 is 1. The van der Waals surface area contributed by atoms with E-state index in [1.165, 1.54) is 0 Å². The lowest BCUT2D eigenvalue weighted by Gasteiger charge is -2.10. The van der Waals surface area contributed by atoms with Gasteiger partial charge in [0.2, 0.25) is 0 Å². The SMILES string of the molecule is COCCNC(=S)NCc1c(Br)cnn1C. The smallest absolute Gasteiger partial charge is 0.166 e. The molecule has 0 radical (unpaired) electrons. The molecule has 0 aliphatic rings. The van der Waals surface area contributed by atoms with Crippen molar-refractivity contribution in [3.8, 4) is 0 Å². The number of rotatable bonds is 5. The van der Waals surface area contributed by atoms with Gasteiger partial charge in [-0.2, -0.15) is 5.10 Å². The van der Waals surface area contributed by atoms with Gasteiger partial charge in [0.05, 0.1) is 29.5 Å². The van der Waals surface area contributed by atoms with Crippen LogP contribution in [-0.4, -0.2) is 35.2 Å². The molecular formula is C9H15BrN4OS. The van der Waals surface area contributed by atoms with Crippen LogP contribution >= 0.6 is 28.1 Å². The van der Waals surface area contributed by atoms with Gasteiger partial charge in [0.1, 0.15) is 0 Å². The monoisotopic (exact) mass is 306 g/mol. The molecule has 0 fully saturated rings. The highest BCUT2D eigenvalue weighted by atomic mass is 79.9. The summed E-state index contributed by atoms with van der Waals surface area (Å²) in [4.78, 5) is 0. The van der Waals surface area contributed by atoms with Crippen molar-refractivity contribution in [2.45, 2.75) is 6.54 Å². The number of halogens is 1. The molecule has 16 heavy (non-hydrogen) atoms. The van der Waals surface area contributed by atoms with Crippen LogP contribution in [0.4, 0.5) is 0 Å². The summed E-state index contributed by atoms with van der Waals surface area (Å²) in [6.45, 7) is 1.97. The molecule has 0 unspecified atom stereocenters. The Morgan fingerprint density at radius 2 is 2.38 bits per heavy atom. The highest BCUT2D eigenvalue weighted by Crippen LogP contribution is 2.14. The predicted octanol–water partition coefficient (Wildman–Crippen LogP) is 0.793. The van der Waals surface area contributed by atoms with Crippen molar-refractivity contribution < 1.29 is 4.74 Å². The number of aromatic nitrogens is 2. The second-order valence-electron chi connectivity index (χ2n) is 3.17. The molecule has 0 atom stereocenters. The van der Waals surface area contributed by atoms with Crippen LogP contribution in [0.1, 0.15) is 5.69 Å². The largest absolute Gasteiger partial charge is 0.383 e. The Balaban J connectivity index is 2.32. The molecule has 1 aromatic rings. The third kappa shape index (κ3) is 4.07. The summed E-state index contributed by atoms with van der Waals surface area (Å²) in [6.07, 6.45) is 1.76. The topological polar surface area (TPSA) is 51.1 Å². The average molecular weight is 307 g/mol. The van der Waals surface area contributed by atoms with E-state index in [0.29, 0.717) is 24.8 Å². The van der Waals surface area contributed by atoms with Crippen molar-refractivity contribution in [2.75, 3.05) is 20.3 Å². The number of aryl methyl sites for hydroxylation is 1. The van der Waals surface area contributed by atoms with Gasteiger partial charge in [-0.05, 0) is 28.1 Å². The van der Waals surface area contributed by atoms with Gasteiger partial charge < -0.3 is 15.4 Å². The lowest BCUT2D eigenvalue weighted by atomic mass is 10.4. The maximum Gasteiger partial charge on any atom is 0.166 e. The van der Waals surface area contributed by atoms with Crippen LogP contribution in [0.15, 0.2) is 10.7 Å². The number of nitrogens with zero attached hydrogens (tertiary/aromatic N) is 2. The summed E-state index contributed by atoms with van der Waals surface area (Å²) in [7, 11) is 3.55. The first-order valence-electron chi connectivity index (χ1n) is 4.82. The molecule has 0 saturated heterocycles. The molecule has 0 saturated carbocycles. The molecule has 7 heteroatoms. The Labute approximate surface area is 109 Å². The molecule has 1 heterocycles. The summed E-state index contributed by atoms with van der Waals surface area (Å²) >= 11 is 8.53. The number of nitrogens with one attached hydrogen (secondary N) is 2. The van der Waals surface area contributed by atoms with Gasteiger partial charge in [0.25, 0.3) is 0 Å². The third-order valence-corrected chi connectivity index (χ3v) is 2.97. The van der Waals surface area contributed by atoms with Crippen LogP contribution in [0.25, 0.3) is 0 Å². The molecule has 2 N–H and O–H groups in total. The van der Waals surface area contributed by atoms with Gasteiger partial charge in [-0.15, -0.1) is 0 Å². The van der Waals surface area contributed by atoms with Crippen molar-refractivity contribution in [3.05, 3.63) is 16.4 Å². The predicted molar refractivity (Wildman–Crippen MR) is 70.2 cm³/mol. The van der Waals surface area contributed by atoms with E-state index in [1.807, 2.05) is 7.05 Å². The zero-order valence-corrected chi connectivity index (χ0v) is 11.7. The van der Waals surface area contributed by atoms with Gasteiger partial charge in [0, 0.05) is 20.7 Å². The summed E-state index contributed by atoms with van der Waals surface area (Å²) in [5.74, 6) is 0. The van der Waals surface area contributed by atoms with Crippen molar-refractivity contribution in [3.63, 3.8) is 0 Å². The van der Waals surface area contributed by atoms with Gasteiger partial charge in [-0.25, -0.2) is 0 Å². The average Bonchev–Trinajstić information content (AvgIpc) is 2.57. The molecule has 0 aliphatic carbocycles. The second kappa shape index (κ2) is 6.82. The Hall–Kier alpha value is -0.660. The van der Waals surface area contributed by atoms with Gasteiger partial charge in [-0.3, -0.25) is 4.68 Å². The van der Waals surface area contributed by atoms with E-state index in [-0.39, 0.29) is 0 Å². The molecule has 1 aromatic heterocycles. The van der Waals surface area contributed by atoms with Crippen LogP contribution in [0.3, 0.4) is 0 Å². The Morgan fingerprint density at radius 1 is 1.62 bits per heavy atom. The first-order valence-corrected chi connectivity index (χ1v) is 6.02.